The van der Waals surface area contributed by atoms with Crippen molar-refractivity contribution in [3.05, 3.63) is 36.2 Å². The van der Waals surface area contributed by atoms with E-state index in [0.717, 1.165) is 54.8 Å². The smallest absolute Gasteiger partial charge is 0.225 e. The van der Waals surface area contributed by atoms with Gasteiger partial charge in [0.15, 0.2) is 11.5 Å². The summed E-state index contributed by atoms with van der Waals surface area (Å²) in [4.78, 5) is 11.2. The minimum absolute atomic E-state index is 0.348. The Kier molecular flexibility index (Phi) is 5.03. The lowest BCUT2D eigenvalue weighted by molar-refractivity contribution is 0.355. The Hall–Kier alpha value is -2.50. The molecule has 0 aliphatic carbocycles. The molecule has 1 aromatic heterocycles. The zero-order chi connectivity index (χ0) is 16.9. The normalized spacial score (nSPS) is 17.5. The van der Waals surface area contributed by atoms with Gasteiger partial charge in [0.05, 0.1) is 14.2 Å². The molecule has 24 heavy (non-hydrogen) atoms. The summed E-state index contributed by atoms with van der Waals surface area (Å²) < 4.78 is 10.7. The van der Waals surface area contributed by atoms with E-state index in [9.17, 15) is 0 Å². The Bertz CT molecular complexity index is 692. The van der Waals surface area contributed by atoms with Gasteiger partial charge in [0.1, 0.15) is 0 Å². The maximum atomic E-state index is 5.37. The predicted molar refractivity (Wildman–Crippen MR) is 95.2 cm³/mol. The van der Waals surface area contributed by atoms with Crippen LogP contribution in [0.25, 0.3) is 0 Å². The predicted octanol–water partition coefficient (Wildman–Crippen LogP) is 2.88. The molecule has 128 valence electrons. The Balaban J connectivity index is 1.69. The van der Waals surface area contributed by atoms with E-state index in [-0.39, 0.29) is 0 Å². The van der Waals surface area contributed by atoms with Crippen LogP contribution in [-0.4, -0.2) is 43.3 Å². The second kappa shape index (κ2) is 7.38. The first-order chi connectivity index (χ1) is 11.7. The number of rotatable bonds is 5. The van der Waals surface area contributed by atoms with E-state index < -0.39 is 0 Å². The summed E-state index contributed by atoms with van der Waals surface area (Å²) in [5, 5.41) is 3.59. The van der Waals surface area contributed by atoms with Crippen LogP contribution in [0.3, 0.4) is 0 Å². The van der Waals surface area contributed by atoms with Crippen molar-refractivity contribution >= 4 is 11.6 Å². The molecule has 0 bridgehead atoms. The number of methoxy groups -OCH3 is 2. The van der Waals surface area contributed by atoms with Crippen LogP contribution >= 0.6 is 0 Å². The molecule has 1 fully saturated rings. The molecule has 6 nitrogen and oxygen atoms in total. The fourth-order valence-corrected chi connectivity index (χ4v) is 3.03. The van der Waals surface area contributed by atoms with E-state index in [1.54, 1.807) is 14.2 Å². The van der Waals surface area contributed by atoms with Crippen molar-refractivity contribution in [2.24, 2.45) is 0 Å². The van der Waals surface area contributed by atoms with Gasteiger partial charge in [0.25, 0.3) is 0 Å². The zero-order valence-corrected chi connectivity index (χ0v) is 14.5. The molecule has 6 heteroatoms. The summed E-state index contributed by atoms with van der Waals surface area (Å²) in [5.41, 5.74) is 2.03. The van der Waals surface area contributed by atoms with E-state index in [4.69, 9.17) is 9.47 Å². The van der Waals surface area contributed by atoms with Gasteiger partial charge in [-0.15, -0.1) is 0 Å². The number of aryl methyl sites for hydroxylation is 1. The van der Waals surface area contributed by atoms with E-state index in [2.05, 4.69) is 20.2 Å². The molecule has 0 saturated carbocycles. The molecule has 0 spiro atoms. The van der Waals surface area contributed by atoms with Gasteiger partial charge in [-0.05, 0) is 38.0 Å². The van der Waals surface area contributed by atoms with E-state index in [1.165, 1.54) is 0 Å². The number of nitrogens with zero attached hydrogens (tertiary/aromatic N) is 3. The average Bonchev–Trinajstić information content (AvgIpc) is 2.62. The van der Waals surface area contributed by atoms with Crippen LogP contribution in [0.1, 0.15) is 18.5 Å². The Labute approximate surface area is 142 Å². The summed E-state index contributed by atoms with van der Waals surface area (Å²) in [5.74, 6) is 2.28. The lowest BCUT2D eigenvalue weighted by Gasteiger charge is -2.33. The van der Waals surface area contributed by atoms with Gasteiger partial charge in [0, 0.05) is 42.8 Å². The van der Waals surface area contributed by atoms with Gasteiger partial charge in [-0.1, -0.05) is 0 Å². The quantitative estimate of drug-likeness (QED) is 0.911. The van der Waals surface area contributed by atoms with Crippen LogP contribution in [0.15, 0.2) is 30.5 Å². The summed E-state index contributed by atoms with van der Waals surface area (Å²) in [7, 11) is 3.30. The van der Waals surface area contributed by atoms with Gasteiger partial charge in [-0.2, -0.15) is 0 Å². The summed E-state index contributed by atoms with van der Waals surface area (Å²) in [6.45, 7) is 3.87. The third-order valence-electron chi connectivity index (χ3n) is 4.24. The second-order valence-electron chi connectivity index (χ2n) is 6.00. The third-order valence-corrected chi connectivity index (χ3v) is 4.24. The van der Waals surface area contributed by atoms with Gasteiger partial charge >= 0.3 is 0 Å². The van der Waals surface area contributed by atoms with E-state index >= 15 is 0 Å². The van der Waals surface area contributed by atoms with Crippen molar-refractivity contribution in [2.75, 3.05) is 37.5 Å². The number of hydrogen-bond donors (Lipinski definition) is 1. The SMILES string of the molecule is COc1ccc(N[C@@H]2CCCN(c3nccc(C)n3)C2)cc1OC. The maximum Gasteiger partial charge on any atom is 0.225 e. The number of anilines is 2. The third kappa shape index (κ3) is 3.69. The number of aromatic nitrogens is 2. The van der Waals surface area contributed by atoms with Crippen LogP contribution in [0.4, 0.5) is 11.6 Å². The number of hydrogen-bond acceptors (Lipinski definition) is 6. The van der Waals surface area contributed by atoms with Gasteiger partial charge in [0.2, 0.25) is 5.95 Å². The first-order valence-electron chi connectivity index (χ1n) is 8.23. The van der Waals surface area contributed by atoms with Crippen molar-refractivity contribution in [3.63, 3.8) is 0 Å². The van der Waals surface area contributed by atoms with Crippen molar-refractivity contribution < 1.29 is 9.47 Å². The lowest BCUT2D eigenvalue weighted by Crippen LogP contribution is -2.43. The summed E-state index contributed by atoms with van der Waals surface area (Å²) >= 11 is 0. The molecule has 1 N–H and O–H groups in total. The second-order valence-corrected chi connectivity index (χ2v) is 6.00. The van der Waals surface area contributed by atoms with Crippen LogP contribution in [0.5, 0.6) is 11.5 Å². The Morgan fingerprint density at radius 3 is 2.75 bits per heavy atom. The monoisotopic (exact) mass is 328 g/mol. The van der Waals surface area contributed by atoms with Crippen LogP contribution < -0.4 is 19.7 Å². The molecule has 0 unspecified atom stereocenters. The largest absolute Gasteiger partial charge is 0.493 e. The minimum atomic E-state index is 0.348. The fourth-order valence-electron chi connectivity index (χ4n) is 3.03. The van der Waals surface area contributed by atoms with Crippen molar-refractivity contribution in [1.82, 2.24) is 9.97 Å². The number of ether oxygens (including phenoxy) is 2. The van der Waals surface area contributed by atoms with Gasteiger partial charge in [-0.3, -0.25) is 0 Å². The molecular weight excluding hydrogens is 304 g/mol. The lowest BCUT2D eigenvalue weighted by atomic mass is 10.1. The molecule has 1 aliphatic rings. The topological polar surface area (TPSA) is 59.5 Å². The first kappa shape index (κ1) is 16.4. The highest BCUT2D eigenvalue weighted by Crippen LogP contribution is 2.30. The molecule has 0 radical (unpaired) electrons. The van der Waals surface area contributed by atoms with Crippen LogP contribution in [-0.2, 0) is 0 Å². The highest BCUT2D eigenvalue weighted by molar-refractivity contribution is 5.55. The Morgan fingerprint density at radius 2 is 2.00 bits per heavy atom. The Morgan fingerprint density at radius 1 is 1.17 bits per heavy atom. The number of nitrogens with one attached hydrogen (secondary N) is 1. The van der Waals surface area contributed by atoms with E-state index in [0.29, 0.717) is 6.04 Å². The zero-order valence-electron chi connectivity index (χ0n) is 14.5. The minimum Gasteiger partial charge on any atom is -0.493 e. The highest BCUT2D eigenvalue weighted by atomic mass is 16.5. The molecule has 2 heterocycles. The first-order valence-corrected chi connectivity index (χ1v) is 8.23. The average molecular weight is 328 g/mol. The molecule has 1 atom stereocenters. The number of piperidine rings is 1. The van der Waals surface area contributed by atoms with Crippen molar-refractivity contribution in [1.29, 1.82) is 0 Å². The summed E-state index contributed by atoms with van der Waals surface area (Å²) in [6.07, 6.45) is 4.06. The molecule has 2 aromatic rings. The number of benzene rings is 1. The van der Waals surface area contributed by atoms with Crippen molar-refractivity contribution in [2.45, 2.75) is 25.8 Å². The van der Waals surface area contributed by atoms with Crippen molar-refractivity contribution in [3.8, 4) is 11.5 Å². The fraction of sp³-hybridized carbons (Fsp3) is 0.444. The van der Waals surface area contributed by atoms with Gasteiger partial charge < -0.3 is 19.7 Å². The molecule has 1 aliphatic heterocycles. The summed E-state index contributed by atoms with van der Waals surface area (Å²) in [6, 6.07) is 8.18. The molecule has 0 amide bonds. The molecule has 3 rings (SSSR count). The molecular formula is C18H24N4O2. The van der Waals surface area contributed by atoms with E-state index in [1.807, 2.05) is 37.4 Å². The maximum absolute atomic E-state index is 5.37. The van der Waals surface area contributed by atoms with Crippen LogP contribution in [0, 0.1) is 6.92 Å². The molecule has 1 aromatic carbocycles. The molecule has 1 saturated heterocycles. The van der Waals surface area contributed by atoms with Crippen LogP contribution in [0.2, 0.25) is 0 Å². The highest BCUT2D eigenvalue weighted by Gasteiger charge is 2.22. The van der Waals surface area contributed by atoms with Gasteiger partial charge in [-0.25, -0.2) is 9.97 Å². The standard InChI is InChI=1S/C18H24N4O2/c1-13-8-9-19-18(20-13)22-10-4-5-15(12-22)21-14-6-7-16(23-2)17(11-14)24-3/h6-9,11,15,21H,4-5,10,12H2,1-3H3/t15-/m1/s1.